The zero-order chi connectivity index (χ0) is 16.4. The second-order valence-corrected chi connectivity index (χ2v) is 5.49. The minimum atomic E-state index is -0.340. The van der Waals surface area contributed by atoms with Crippen molar-refractivity contribution in [3.05, 3.63) is 64.8 Å². The van der Waals surface area contributed by atoms with E-state index in [1.165, 1.54) is 12.3 Å². The van der Waals surface area contributed by atoms with Gasteiger partial charge in [-0.25, -0.2) is 9.67 Å². The Morgan fingerprint density at radius 2 is 2.00 bits per heavy atom. The topological polar surface area (TPSA) is 72.7 Å². The summed E-state index contributed by atoms with van der Waals surface area (Å²) in [5.74, 6) is 0.350. The highest BCUT2D eigenvalue weighted by molar-refractivity contribution is 6.30. The number of amides is 1. The summed E-state index contributed by atoms with van der Waals surface area (Å²) < 4.78 is 1.75. The molecule has 0 radical (unpaired) electrons. The first kappa shape index (κ1) is 15.2. The van der Waals surface area contributed by atoms with E-state index in [0.717, 1.165) is 11.4 Å². The maximum Gasteiger partial charge on any atom is 0.274 e. The summed E-state index contributed by atoms with van der Waals surface area (Å²) >= 11 is 5.86. The van der Waals surface area contributed by atoms with Gasteiger partial charge in [0.1, 0.15) is 5.69 Å². The maximum atomic E-state index is 12.1. The number of hydrogen-bond donors (Lipinski definition) is 1. The Bertz CT molecular complexity index is 857. The Balaban J connectivity index is 1.77. The van der Waals surface area contributed by atoms with Gasteiger partial charge in [0.05, 0.1) is 17.6 Å². The molecule has 3 aromatic rings. The Morgan fingerprint density at radius 3 is 2.61 bits per heavy atom. The number of hydrogen-bond acceptors (Lipinski definition) is 4. The van der Waals surface area contributed by atoms with Crippen molar-refractivity contribution in [2.24, 2.45) is 0 Å². The largest absolute Gasteiger partial charge is 0.319 e. The monoisotopic (exact) mass is 327 g/mol. The number of nitrogens with zero attached hydrogens (tertiary/aromatic N) is 4. The van der Waals surface area contributed by atoms with E-state index >= 15 is 0 Å². The summed E-state index contributed by atoms with van der Waals surface area (Å²) in [7, 11) is 0. The number of nitrogens with one attached hydrogen (secondary N) is 1. The highest BCUT2D eigenvalue weighted by atomic mass is 35.5. The first-order chi connectivity index (χ1) is 11.0. The van der Waals surface area contributed by atoms with E-state index in [2.05, 4.69) is 20.4 Å². The van der Waals surface area contributed by atoms with E-state index in [0.29, 0.717) is 16.5 Å². The van der Waals surface area contributed by atoms with Crippen molar-refractivity contribution in [3.63, 3.8) is 0 Å². The number of anilines is 1. The zero-order valence-electron chi connectivity index (χ0n) is 12.6. The molecule has 0 bridgehead atoms. The highest BCUT2D eigenvalue weighted by Gasteiger charge is 2.09. The first-order valence-electron chi connectivity index (χ1n) is 6.95. The molecule has 0 aromatic carbocycles. The predicted molar refractivity (Wildman–Crippen MR) is 88.0 cm³/mol. The second-order valence-electron chi connectivity index (χ2n) is 5.06. The summed E-state index contributed by atoms with van der Waals surface area (Å²) in [4.78, 5) is 20.4. The minimum absolute atomic E-state index is 0.250. The lowest BCUT2D eigenvalue weighted by Gasteiger charge is -2.07. The molecular weight excluding hydrogens is 314 g/mol. The molecular formula is C16H14ClN5O. The van der Waals surface area contributed by atoms with Crippen molar-refractivity contribution >= 4 is 23.2 Å². The van der Waals surface area contributed by atoms with Crippen molar-refractivity contribution < 1.29 is 4.79 Å². The van der Waals surface area contributed by atoms with Crippen LogP contribution in [0.1, 0.15) is 21.9 Å². The van der Waals surface area contributed by atoms with Crippen LogP contribution in [0.4, 0.5) is 5.69 Å². The number of pyridine rings is 2. The van der Waals surface area contributed by atoms with Crippen molar-refractivity contribution in [1.29, 1.82) is 0 Å². The van der Waals surface area contributed by atoms with E-state index in [1.54, 1.807) is 29.1 Å². The fourth-order valence-electron chi connectivity index (χ4n) is 2.17. The van der Waals surface area contributed by atoms with Gasteiger partial charge < -0.3 is 5.32 Å². The average molecular weight is 328 g/mol. The van der Waals surface area contributed by atoms with Gasteiger partial charge in [0.25, 0.3) is 5.91 Å². The van der Waals surface area contributed by atoms with Crippen LogP contribution in [-0.2, 0) is 0 Å². The molecule has 0 saturated carbocycles. The number of carbonyl (C=O) groups is 1. The van der Waals surface area contributed by atoms with E-state index in [4.69, 9.17) is 11.6 Å². The van der Waals surface area contributed by atoms with Gasteiger partial charge in [-0.1, -0.05) is 11.6 Å². The summed E-state index contributed by atoms with van der Waals surface area (Å²) in [5.41, 5.74) is 2.74. The van der Waals surface area contributed by atoms with Gasteiger partial charge in [-0.2, -0.15) is 5.10 Å². The zero-order valence-corrected chi connectivity index (χ0v) is 13.4. The molecule has 1 N–H and O–H groups in total. The number of halogens is 1. The molecule has 0 unspecified atom stereocenters. The van der Waals surface area contributed by atoms with Gasteiger partial charge in [-0.15, -0.1) is 0 Å². The van der Waals surface area contributed by atoms with Crippen molar-refractivity contribution in [1.82, 2.24) is 19.7 Å². The molecule has 1 amide bonds. The SMILES string of the molecule is Cc1cc(C)n(-c2ccc(NC(=O)c3cc(Cl)ccn3)cn2)n1. The lowest BCUT2D eigenvalue weighted by Crippen LogP contribution is -2.14. The fourth-order valence-corrected chi connectivity index (χ4v) is 2.33. The van der Waals surface area contributed by atoms with E-state index in [9.17, 15) is 4.79 Å². The number of aromatic nitrogens is 4. The van der Waals surface area contributed by atoms with Crippen LogP contribution in [0.15, 0.2) is 42.7 Å². The van der Waals surface area contributed by atoms with Gasteiger partial charge in [-0.3, -0.25) is 9.78 Å². The van der Waals surface area contributed by atoms with E-state index in [1.807, 2.05) is 19.9 Å². The quantitative estimate of drug-likeness (QED) is 0.802. The molecule has 0 fully saturated rings. The third-order valence-electron chi connectivity index (χ3n) is 3.19. The van der Waals surface area contributed by atoms with Crippen LogP contribution in [0, 0.1) is 13.8 Å². The van der Waals surface area contributed by atoms with Gasteiger partial charge in [-0.05, 0) is 44.2 Å². The molecule has 3 heterocycles. The maximum absolute atomic E-state index is 12.1. The van der Waals surface area contributed by atoms with Crippen LogP contribution in [0.2, 0.25) is 5.02 Å². The molecule has 3 rings (SSSR count). The van der Waals surface area contributed by atoms with Crippen LogP contribution in [0.5, 0.6) is 0 Å². The molecule has 0 atom stereocenters. The van der Waals surface area contributed by atoms with Crippen LogP contribution >= 0.6 is 11.6 Å². The predicted octanol–water partition coefficient (Wildman–Crippen LogP) is 3.18. The molecule has 0 spiro atoms. The molecule has 23 heavy (non-hydrogen) atoms. The Kier molecular flexibility index (Phi) is 4.08. The summed E-state index contributed by atoms with van der Waals surface area (Å²) in [6, 6.07) is 8.65. The summed E-state index contributed by atoms with van der Waals surface area (Å²) in [5, 5.41) is 7.56. The van der Waals surface area contributed by atoms with Crippen LogP contribution < -0.4 is 5.32 Å². The van der Waals surface area contributed by atoms with E-state index in [-0.39, 0.29) is 11.6 Å². The van der Waals surface area contributed by atoms with E-state index < -0.39 is 0 Å². The third-order valence-corrected chi connectivity index (χ3v) is 3.42. The molecule has 116 valence electrons. The molecule has 3 aromatic heterocycles. The molecule has 6 nitrogen and oxygen atoms in total. The molecule has 0 aliphatic carbocycles. The average Bonchev–Trinajstić information content (AvgIpc) is 2.86. The Hall–Kier alpha value is -2.73. The normalized spacial score (nSPS) is 10.6. The van der Waals surface area contributed by atoms with Crippen LogP contribution in [0.3, 0.4) is 0 Å². The fraction of sp³-hybridized carbons (Fsp3) is 0.125. The molecule has 0 aliphatic heterocycles. The van der Waals surface area contributed by atoms with Crippen molar-refractivity contribution in [3.8, 4) is 5.82 Å². The first-order valence-corrected chi connectivity index (χ1v) is 7.33. The smallest absolute Gasteiger partial charge is 0.274 e. The minimum Gasteiger partial charge on any atom is -0.319 e. The number of aryl methyl sites for hydroxylation is 2. The van der Waals surface area contributed by atoms with Gasteiger partial charge in [0, 0.05) is 16.9 Å². The molecule has 0 saturated heterocycles. The highest BCUT2D eigenvalue weighted by Crippen LogP contribution is 2.14. The number of carbonyl (C=O) groups excluding carboxylic acids is 1. The van der Waals surface area contributed by atoms with Gasteiger partial charge in [0.15, 0.2) is 5.82 Å². The summed E-state index contributed by atoms with van der Waals surface area (Å²) in [6.45, 7) is 3.89. The standard InChI is InChI=1S/C16H14ClN5O/c1-10-7-11(2)22(21-10)15-4-3-13(9-19-15)20-16(23)14-8-12(17)5-6-18-14/h3-9H,1-2H3,(H,20,23). The molecule has 7 heteroatoms. The number of rotatable bonds is 3. The Morgan fingerprint density at radius 1 is 1.17 bits per heavy atom. The Labute approximate surface area is 138 Å². The van der Waals surface area contributed by atoms with Crippen molar-refractivity contribution in [2.45, 2.75) is 13.8 Å². The van der Waals surface area contributed by atoms with Gasteiger partial charge >= 0.3 is 0 Å². The van der Waals surface area contributed by atoms with Gasteiger partial charge in [0.2, 0.25) is 0 Å². The summed E-state index contributed by atoms with van der Waals surface area (Å²) in [6.07, 6.45) is 3.07. The van der Waals surface area contributed by atoms with Crippen molar-refractivity contribution in [2.75, 3.05) is 5.32 Å². The van der Waals surface area contributed by atoms with Crippen LogP contribution in [0.25, 0.3) is 5.82 Å². The molecule has 0 aliphatic rings. The second kappa shape index (κ2) is 6.18. The lowest BCUT2D eigenvalue weighted by atomic mass is 10.3. The lowest BCUT2D eigenvalue weighted by molar-refractivity contribution is 0.102. The van der Waals surface area contributed by atoms with Crippen LogP contribution in [-0.4, -0.2) is 25.7 Å². The third kappa shape index (κ3) is 3.37.